The summed E-state index contributed by atoms with van der Waals surface area (Å²) >= 11 is 0. The van der Waals surface area contributed by atoms with Crippen LogP contribution in [0.5, 0.6) is 0 Å². The molecule has 148 valence electrons. The minimum absolute atomic E-state index is 0.00629. The molecule has 2 unspecified atom stereocenters. The van der Waals surface area contributed by atoms with E-state index in [1.54, 1.807) is 11.9 Å². The lowest BCUT2D eigenvalue weighted by atomic mass is 9.93. The van der Waals surface area contributed by atoms with Crippen molar-refractivity contribution in [1.82, 2.24) is 14.7 Å². The molecule has 0 N–H and O–H groups in total. The van der Waals surface area contributed by atoms with E-state index in [4.69, 9.17) is 4.74 Å². The fraction of sp³-hybridized carbons (Fsp3) is 0.619. The maximum atomic E-state index is 13.4. The smallest absolute Gasteiger partial charge is 0.254 e. The van der Waals surface area contributed by atoms with Crippen LogP contribution < -0.4 is 0 Å². The maximum absolute atomic E-state index is 13.4. The lowest BCUT2D eigenvalue weighted by Crippen LogP contribution is -2.54. The third-order valence-corrected chi connectivity index (χ3v) is 5.81. The summed E-state index contributed by atoms with van der Waals surface area (Å²) in [5, 5.41) is 0. The van der Waals surface area contributed by atoms with Gasteiger partial charge in [-0.1, -0.05) is 24.3 Å². The van der Waals surface area contributed by atoms with Crippen molar-refractivity contribution >= 4 is 11.8 Å². The summed E-state index contributed by atoms with van der Waals surface area (Å²) < 4.78 is 5.82. The monoisotopic (exact) mass is 373 g/mol. The second-order valence-electron chi connectivity index (χ2n) is 7.85. The van der Waals surface area contributed by atoms with Gasteiger partial charge in [0, 0.05) is 39.3 Å². The standard InChI is InChI=1S/C21H31N3O3/c1-15(2)23-10-7-11-24(13-12-23)21(26)20-19(22(4)18(25)14-27-20)17-9-6-5-8-16(17)3/h5-6,8-9,15,19-20H,7,10-14H2,1-4H3. The molecule has 2 amide bonds. The average Bonchev–Trinajstić information content (AvgIpc) is 2.90. The molecular weight excluding hydrogens is 342 g/mol. The largest absolute Gasteiger partial charge is 0.356 e. The van der Waals surface area contributed by atoms with Gasteiger partial charge in [-0.3, -0.25) is 14.5 Å². The quantitative estimate of drug-likeness (QED) is 0.811. The van der Waals surface area contributed by atoms with Crippen LogP contribution in [-0.2, 0) is 14.3 Å². The number of benzene rings is 1. The number of likely N-dealkylation sites (N-methyl/N-ethyl adjacent to an activating group) is 1. The third-order valence-electron chi connectivity index (χ3n) is 5.81. The average molecular weight is 373 g/mol. The highest BCUT2D eigenvalue weighted by Crippen LogP contribution is 2.32. The normalized spacial score (nSPS) is 25.0. The van der Waals surface area contributed by atoms with Crippen molar-refractivity contribution in [3.63, 3.8) is 0 Å². The van der Waals surface area contributed by atoms with Gasteiger partial charge in [0.2, 0.25) is 5.91 Å². The Hall–Kier alpha value is -1.92. The first-order chi connectivity index (χ1) is 12.9. The Labute approximate surface area is 162 Å². The summed E-state index contributed by atoms with van der Waals surface area (Å²) in [5.41, 5.74) is 2.04. The van der Waals surface area contributed by atoms with E-state index in [0.29, 0.717) is 12.6 Å². The van der Waals surface area contributed by atoms with Crippen molar-refractivity contribution in [2.75, 3.05) is 39.8 Å². The fourth-order valence-electron chi connectivity index (χ4n) is 4.06. The van der Waals surface area contributed by atoms with Crippen LogP contribution in [-0.4, -0.2) is 78.5 Å². The van der Waals surface area contributed by atoms with Crippen molar-refractivity contribution in [3.8, 4) is 0 Å². The SMILES string of the molecule is Cc1ccccc1C1C(C(=O)N2CCCN(C(C)C)CC2)OCC(=O)N1C. The van der Waals surface area contributed by atoms with E-state index < -0.39 is 6.10 Å². The number of rotatable bonds is 3. The second kappa shape index (κ2) is 8.40. The minimum Gasteiger partial charge on any atom is -0.356 e. The van der Waals surface area contributed by atoms with Crippen molar-refractivity contribution in [1.29, 1.82) is 0 Å². The molecule has 0 spiro atoms. The molecule has 27 heavy (non-hydrogen) atoms. The first-order valence-electron chi connectivity index (χ1n) is 9.85. The Morgan fingerprint density at radius 2 is 1.89 bits per heavy atom. The molecule has 2 aliphatic rings. The minimum atomic E-state index is -0.653. The molecule has 2 heterocycles. The number of carbonyl (C=O) groups excluding carboxylic acids is 2. The summed E-state index contributed by atoms with van der Waals surface area (Å²) in [6.45, 7) is 9.67. The highest BCUT2D eigenvalue weighted by molar-refractivity contribution is 5.86. The molecule has 0 bridgehead atoms. The predicted molar refractivity (Wildman–Crippen MR) is 104 cm³/mol. The van der Waals surface area contributed by atoms with Gasteiger partial charge in [-0.15, -0.1) is 0 Å². The highest BCUT2D eigenvalue weighted by atomic mass is 16.5. The van der Waals surface area contributed by atoms with E-state index in [-0.39, 0.29) is 24.5 Å². The Balaban J connectivity index is 1.83. The van der Waals surface area contributed by atoms with Gasteiger partial charge in [0.15, 0.2) is 6.10 Å². The van der Waals surface area contributed by atoms with Crippen LogP contribution in [0.2, 0.25) is 0 Å². The van der Waals surface area contributed by atoms with Crippen LogP contribution in [0.4, 0.5) is 0 Å². The molecule has 2 saturated heterocycles. The summed E-state index contributed by atoms with van der Waals surface area (Å²) in [7, 11) is 1.77. The molecule has 0 aromatic heterocycles. The van der Waals surface area contributed by atoms with E-state index in [2.05, 4.69) is 18.7 Å². The molecular formula is C21H31N3O3. The Kier molecular flexibility index (Phi) is 6.17. The van der Waals surface area contributed by atoms with Crippen molar-refractivity contribution in [2.24, 2.45) is 0 Å². The maximum Gasteiger partial charge on any atom is 0.254 e. The highest BCUT2D eigenvalue weighted by Gasteiger charge is 2.42. The van der Waals surface area contributed by atoms with Gasteiger partial charge in [-0.05, 0) is 38.3 Å². The lowest BCUT2D eigenvalue weighted by molar-refractivity contribution is -0.167. The third kappa shape index (κ3) is 4.17. The van der Waals surface area contributed by atoms with Crippen LogP contribution >= 0.6 is 0 Å². The Morgan fingerprint density at radius 1 is 1.15 bits per heavy atom. The number of amides is 2. The van der Waals surface area contributed by atoms with Crippen LogP contribution in [0.15, 0.2) is 24.3 Å². The van der Waals surface area contributed by atoms with E-state index in [0.717, 1.165) is 37.2 Å². The van der Waals surface area contributed by atoms with E-state index in [1.165, 1.54) is 0 Å². The molecule has 1 aromatic carbocycles. The molecule has 6 nitrogen and oxygen atoms in total. The Bertz CT molecular complexity index is 691. The van der Waals surface area contributed by atoms with Crippen molar-refractivity contribution in [2.45, 2.75) is 45.4 Å². The topological polar surface area (TPSA) is 53.1 Å². The zero-order chi connectivity index (χ0) is 19.6. The number of hydrogen-bond donors (Lipinski definition) is 0. The van der Waals surface area contributed by atoms with Crippen LogP contribution in [0.1, 0.15) is 37.4 Å². The first kappa shape index (κ1) is 19.8. The molecule has 3 rings (SSSR count). The molecule has 1 aromatic rings. The molecule has 2 atom stereocenters. The fourth-order valence-corrected chi connectivity index (χ4v) is 4.06. The van der Waals surface area contributed by atoms with Crippen LogP contribution in [0.25, 0.3) is 0 Å². The van der Waals surface area contributed by atoms with Gasteiger partial charge in [0.05, 0.1) is 6.04 Å². The summed E-state index contributed by atoms with van der Waals surface area (Å²) in [5.74, 6) is -0.0950. The van der Waals surface area contributed by atoms with Gasteiger partial charge in [0.25, 0.3) is 5.91 Å². The zero-order valence-corrected chi connectivity index (χ0v) is 16.9. The first-order valence-corrected chi connectivity index (χ1v) is 9.85. The number of carbonyl (C=O) groups is 2. The number of morpholine rings is 1. The van der Waals surface area contributed by atoms with Gasteiger partial charge < -0.3 is 14.5 Å². The molecule has 0 aliphatic carbocycles. The molecule has 0 radical (unpaired) electrons. The van der Waals surface area contributed by atoms with Gasteiger partial charge in [0.1, 0.15) is 6.61 Å². The summed E-state index contributed by atoms with van der Waals surface area (Å²) in [6.07, 6.45) is 0.305. The second-order valence-corrected chi connectivity index (χ2v) is 7.85. The zero-order valence-electron chi connectivity index (χ0n) is 16.9. The molecule has 2 aliphatic heterocycles. The van der Waals surface area contributed by atoms with Gasteiger partial charge in [-0.2, -0.15) is 0 Å². The summed E-state index contributed by atoms with van der Waals surface area (Å²) in [6, 6.07) is 8.01. The van der Waals surface area contributed by atoms with E-state index >= 15 is 0 Å². The lowest BCUT2D eigenvalue weighted by Gasteiger charge is -2.40. The number of hydrogen-bond acceptors (Lipinski definition) is 4. The Morgan fingerprint density at radius 3 is 2.59 bits per heavy atom. The van der Waals surface area contributed by atoms with E-state index in [1.807, 2.05) is 36.1 Å². The molecule has 2 fully saturated rings. The molecule has 0 saturated carbocycles. The number of aryl methyl sites for hydroxylation is 1. The molecule has 6 heteroatoms. The van der Waals surface area contributed by atoms with Crippen LogP contribution in [0, 0.1) is 6.92 Å². The number of ether oxygens (including phenoxy) is 1. The van der Waals surface area contributed by atoms with Crippen LogP contribution in [0.3, 0.4) is 0 Å². The number of nitrogens with zero attached hydrogens (tertiary/aromatic N) is 3. The van der Waals surface area contributed by atoms with Gasteiger partial charge in [-0.25, -0.2) is 0 Å². The predicted octanol–water partition coefficient (Wildman–Crippen LogP) is 1.84. The van der Waals surface area contributed by atoms with Gasteiger partial charge >= 0.3 is 0 Å². The van der Waals surface area contributed by atoms with Crippen molar-refractivity contribution in [3.05, 3.63) is 35.4 Å². The summed E-state index contributed by atoms with van der Waals surface area (Å²) in [4.78, 5) is 31.6. The van der Waals surface area contributed by atoms with E-state index in [9.17, 15) is 9.59 Å². The van der Waals surface area contributed by atoms with Crippen molar-refractivity contribution < 1.29 is 14.3 Å².